The Kier molecular flexibility index (Phi) is 6.17. The summed E-state index contributed by atoms with van der Waals surface area (Å²) in [6.07, 6.45) is 6.35. The minimum Gasteiger partial charge on any atom is -0.393 e. The molecule has 1 atom stereocenters. The van der Waals surface area contributed by atoms with E-state index in [0.29, 0.717) is 0 Å². The molecule has 0 amide bonds. The molecule has 1 heteroatoms. The first kappa shape index (κ1) is 13.2. The van der Waals surface area contributed by atoms with Crippen molar-refractivity contribution in [3.05, 3.63) is 35.4 Å². The molecular formula is C15H24O. The van der Waals surface area contributed by atoms with Crippen LogP contribution in [0.1, 0.15) is 50.2 Å². The van der Waals surface area contributed by atoms with Crippen molar-refractivity contribution in [1.29, 1.82) is 0 Å². The van der Waals surface area contributed by atoms with E-state index < -0.39 is 0 Å². The average molecular weight is 220 g/mol. The predicted octanol–water partition coefficient (Wildman–Crippen LogP) is 3.87. The van der Waals surface area contributed by atoms with Gasteiger partial charge in [0.1, 0.15) is 0 Å². The fraction of sp³-hybridized carbons (Fsp3) is 0.600. The molecule has 1 unspecified atom stereocenters. The quantitative estimate of drug-likeness (QED) is 0.692. The maximum absolute atomic E-state index is 9.79. The minimum atomic E-state index is -0.118. The summed E-state index contributed by atoms with van der Waals surface area (Å²) in [6.45, 7) is 4.29. The van der Waals surface area contributed by atoms with Crippen molar-refractivity contribution in [1.82, 2.24) is 0 Å². The first-order valence-corrected chi connectivity index (χ1v) is 6.46. The molecular weight excluding hydrogens is 196 g/mol. The van der Waals surface area contributed by atoms with Crippen molar-refractivity contribution in [2.24, 2.45) is 0 Å². The Morgan fingerprint density at radius 2 is 1.75 bits per heavy atom. The number of hydrogen-bond acceptors (Lipinski definition) is 1. The highest BCUT2D eigenvalue weighted by atomic mass is 16.3. The van der Waals surface area contributed by atoms with Gasteiger partial charge in [-0.25, -0.2) is 0 Å². The van der Waals surface area contributed by atoms with Gasteiger partial charge in [0, 0.05) is 0 Å². The maximum Gasteiger partial charge on any atom is 0.0543 e. The van der Waals surface area contributed by atoms with E-state index in [1.165, 1.54) is 24.0 Å². The van der Waals surface area contributed by atoms with Crippen molar-refractivity contribution >= 4 is 0 Å². The molecule has 0 aliphatic heterocycles. The van der Waals surface area contributed by atoms with Gasteiger partial charge in [-0.15, -0.1) is 0 Å². The van der Waals surface area contributed by atoms with E-state index >= 15 is 0 Å². The molecule has 0 bridgehead atoms. The Balaban J connectivity index is 2.20. The van der Waals surface area contributed by atoms with Gasteiger partial charge in [-0.1, -0.05) is 56.0 Å². The molecule has 0 fully saturated rings. The molecule has 1 N–H and O–H groups in total. The van der Waals surface area contributed by atoms with Crippen molar-refractivity contribution in [3.8, 4) is 0 Å². The molecule has 0 saturated carbocycles. The Bertz CT molecular complexity index is 276. The van der Waals surface area contributed by atoms with E-state index in [1.54, 1.807) is 0 Å². The van der Waals surface area contributed by atoms with E-state index in [4.69, 9.17) is 0 Å². The van der Waals surface area contributed by atoms with Crippen LogP contribution in [-0.2, 0) is 6.42 Å². The fourth-order valence-electron chi connectivity index (χ4n) is 1.86. The fourth-order valence-corrected chi connectivity index (χ4v) is 1.86. The highest BCUT2D eigenvalue weighted by Crippen LogP contribution is 2.11. The van der Waals surface area contributed by atoms with Gasteiger partial charge in [0.25, 0.3) is 0 Å². The van der Waals surface area contributed by atoms with Gasteiger partial charge in [0.05, 0.1) is 6.10 Å². The average Bonchev–Trinajstić information content (AvgIpc) is 2.29. The van der Waals surface area contributed by atoms with Crippen LogP contribution in [0.15, 0.2) is 24.3 Å². The lowest BCUT2D eigenvalue weighted by atomic mass is 10.0. The molecule has 0 saturated heterocycles. The third kappa shape index (κ3) is 5.32. The number of hydrogen-bond donors (Lipinski definition) is 1. The third-order valence-corrected chi connectivity index (χ3v) is 3.03. The largest absolute Gasteiger partial charge is 0.393 e. The van der Waals surface area contributed by atoms with Crippen molar-refractivity contribution < 1.29 is 5.11 Å². The van der Waals surface area contributed by atoms with E-state index in [0.717, 1.165) is 25.7 Å². The van der Waals surface area contributed by atoms with Gasteiger partial charge in [-0.2, -0.15) is 0 Å². The van der Waals surface area contributed by atoms with Crippen LogP contribution in [0.2, 0.25) is 0 Å². The standard InChI is InChI=1S/C15H24O/c1-3-4-5-6-15(16)12-11-14-9-7-13(2)8-10-14/h7-10,15-16H,3-6,11-12H2,1-2H3. The SMILES string of the molecule is CCCCCC(O)CCc1ccc(C)cc1. The Morgan fingerprint density at radius 3 is 2.38 bits per heavy atom. The summed E-state index contributed by atoms with van der Waals surface area (Å²) in [5.41, 5.74) is 2.63. The van der Waals surface area contributed by atoms with Gasteiger partial charge in [0.2, 0.25) is 0 Å². The Morgan fingerprint density at radius 1 is 1.06 bits per heavy atom. The van der Waals surface area contributed by atoms with Crippen LogP contribution in [0.3, 0.4) is 0 Å². The highest BCUT2D eigenvalue weighted by molar-refractivity contribution is 5.21. The number of unbranched alkanes of at least 4 members (excludes halogenated alkanes) is 2. The van der Waals surface area contributed by atoms with Gasteiger partial charge >= 0.3 is 0 Å². The van der Waals surface area contributed by atoms with Crippen LogP contribution >= 0.6 is 0 Å². The Labute approximate surface area is 99.5 Å². The molecule has 0 heterocycles. The molecule has 1 rings (SSSR count). The van der Waals surface area contributed by atoms with Crippen LogP contribution in [0, 0.1) is 6.92 Å². The number of benzene rings is 1. The summed E-state index contributed by atoms with van der Waals surface area (Å²) in [7, 11) is 0. The minimum absolute atomic E-state index is 0.118. The number of aliphatic hydroxyl groups is 1. The lowest BCUT2D eigenvalue weighted by Gasteiger charge is -2.10. The monoisotopic (exact) mass is 220 g/mol. The van der Waals surface area contributed by atoms with Crippen LogP contribution < -0.4 is 0 Å². The number of aryl methyl sites for hydroxylation is 2. The van der Waals surface area contributed by atoms with Gasteiger partial charge in [-0.3, -0.25) is 0 Å². The topological polar surface area (TPSA) is 20.2 Å². The predicted molar refractivity (Wildman–Crippen MR) is 69.6 cm³/mol. The van der Waals surface area contributed by atoms with Crippen LogP contribution in [0.25, 0.3) is 0 Å². The second kappa shape index (κ2) is 7.45. The van der Waals surface area contributed by atoms with Crippen molar-refractivity contribution in [2.75, 3.05) is 0 Å². The van der Waals surface area contributed by atoms with Crippen LogP contribution in [0.4, 0.5) is 0 Å². The maximum atomic E-state index is 9.79. The first-order chi connectivity index (χ1) is 7.72. The van der Waals surface area contributed by atoms with E-state index in [9.17, 15) is 5.11 Å². The molecule has 0 aliphatic carbocycles. The lowest BCUT2D eigenvalue weighted by Crippen LogP contribution is -2.07. The van der Waals surface area contributed by atoms with E-state index in [1.807, 2.05) is 0 Å². The summed E-state index contributed by atoms with van der Waals surface area (Å²) in [5, 5.41) is 9.79. The van der Waals surface area contributed by atoms with Crippen molar-refractivity contribution in [2.45, 2.75) is 58.5 Å². The van der Waals surface area contributed by atoms with Crippen LogP contribution in [-0.4, -0.2) is 11.2 Å². The summed E-state index contributed by atoms with van der Waals surface area (Å²) in [4.78, 5) is 0. The number of aliphatic hydroxyl groups excluding tert-OH is 1. The number of rotatable bonds is 7. The molecule has 0 radical (unpaired) electrons. The molecule has 1 aromatic carbocycles. The highest BCUT2D eigenvalue weighted by Gasteiger charge is 2.03. The third-order valence-electron chi connectivity index (χ3n) is 3.03. The zero-order chi connectivity index (χ0) is 11.8. The second-order valence-corrected chi connectivity index (χ2v) is 4.67. The van der Waals surface area contributed by atoms with Gasteiger partial charge in [-0.05, 0) is 31.7 Å². The molecule has 16 heavy (non-hydrogen) atoms. The lowest BCUT2D eigenvalue weighted by molar-refractivity contribution is 0.151. The molecule has 0 aliphatic rings. The first-order valence-electron chi connectivity index (χ1n) is 6.46. The van der Waals surface area contributed by atoms with Crippen LogP contribution in [0.5, 0.6) is 0 Å². The van der Waals surface area contributed by atoms with Gasteiger partial charge in [0.15, 0.2) is 0 Å². The smallest absolute Gasteiger partial charge is 0.0543 e. The van der Waals surface area contributed by atoms with E-state index in [-0.39, 0.29) is 6.10 Å². The summed E-state index contributed by atoms with van der Waals surface area (Å²) >= 11 is 0. The summed E-state index contributed by atoms with van der Waals surface area (Å²) < 4.78 is 0. The summed E-state index contributed by atoms with van der Waals surface area (Å²) in [5.74, 6) is 0. The van der Waals surface area contributed by atoms with Crippen molar-refractivity contribution in [3.63, 3.8) is 0 Å². The molecule has 90 valence electrons. The normalized spacial score (nSPS) is 12.7. The molecule has 0 spiro atoms. The Hall–Kier alpha value is -0.820. The molecule has 1 aromatic rings. The molecule has 1 nitrogen and oxygen atoms in total. The zero-order valence-electron chi connectivity index (χ0n) is 10.6. The zero-order valence-corrected chi connectivity index (χ0v) is 10.6. The second-order valence-electron chi connectivity index (χ2n) is 4.67. The van der Waals surface area contributed by atoms with E-state index in [2.05, 4.69) is 38.1 Å². The summed E-state index contributed by atoms with van der Waals surface area (Å²) in [6, 6.07) is 8.60. The molecule has 0 aromatic heterocycles. The van der Waals surface area contributed by atoms with Gasteiger partial charge < -0.3 is 5.11 Å².